The van der Waals surface area contributed by atoms with E-state index < -0.39 is 17.2 Å². The van der Waals surface area contributed by atoms with Crippen molar-refractivity contribution in [2.75, 3.05) is 32.1 Å². The number of anilines is 1. The fraction of sp³-hybridized carbons (Fsp3) is 0.545. The Morgan fingerprint density at radius 2 is 2.00 bits per heavy atom. The standard InChI is InChI=1S/C22H26FN3O3/c1-24(2)9-12-5-15-6-13(12)10-25(15)20-8-19-16(7-18(20)23)21(27)17(22(28)29)11-26(19)14-3-4-14/h7-8,11-15H,3-6,9-10H2,1-2H3,(H,28,29)/t12-,13+,15-/m0/s1. The van der Waals surface area contributed by atoms with Crippen molar-refractivity contribution in [2.45, 2.75) is 37.8 Å². The maximum Gasteiger partial charge on any atom is 0.341 e. The van der Waals surface area contributed by atoms with Crippen LogP contribution in [0.5, 0.6) is 0 Å². The highest BCUT2D eigenvalue weighted by Crippen LogP contribution is 2.46. The first-order valence-corrected chi connectivity index (χ1v) is 10.4. The molecule has 5 rings (SSSR count). The highest BCUT2D eigenvalue weighted by molar-refractivity contribution is 5.93. The Morgan fingerprint density at radius 3 is 2.59 bits per heavy atom. The molecule has 0 radical (unpaired) electrons. The summed E-state index contributed by atoms with van der Waals surface area (Å²) >= 11 is 0. The lowest BCUT2D eigenvalue weighted by atomic mass is 9.94. The molecule has 2 heterocycles. The molecule has 3 fully saturated rings. The predicted octanol–water partition coefficient (Wildman–Crippen LogP) is 2.95. The Labute approximate surface area is 168 Å². The number of aromatic nitrogens is 1. The fourth-order valence-corrected chi connectivity index (χ4v) is 5.43. The van der Waals surface area contributed by atoms with Crippen LogP contribution in [-0.2, 0) is 0 Å². The quantitative estimate of drug-likeness (QED) is 0.838. The minimum absolute atomic E-state index is 0.160. The van der Waals surface area contributed by atoms with Crippen molar-refractivity contribution in [3.05, 3.63) is 39.9 Å². The van der Waals surface area contributed by atoms with Gasteiger partial charge in [-0.2, -0.15) is 0 Å². The monoisotopic (exact) mass is 399 g/mol. The topological polar surface area (TPSA) is 65.8 Å². The molecule has 1 aromatic heterocycles. The number of halogens is 1. The third kappa shape index (κ3) is 3.03. The minimum Gasteiger partial charge on any atom is -0.477 e. The molecule has 2 saturated carbocycles. The van der Waals surface area contributed by atoms with Crippen LogP contribution in [0.3, 0.4) is 0 Å². The Bertz CT molecular complexity index is 1060. The Hall–Kier alpha value is -2.41. The van der Waals surface area contributed by atoms with Gasteiger partial charge in [0, 0.05) is 36.8 Å². The van der Waals surface area contributed by atoms with Gasteiger partial charge in [-0.05, 0) is 63.7 Å². The van der Waals surface area contributed by atoms with Gasteiger partial charge in [-0.15, -0.1) is 0 Å². The summed E-state index contributed by atoms with van der Waals surface area (Å²) in [6.07, 6.45) is 5.49. The van der Waals surface area contributed by atoms with Crippen molar-refractivity contribution in [2.24, 2.45) is 11.8 Å². The molecule has 0 amide bonds. The van der Waals surface area contributed by atoms with Crippen LogP contribution in [0.4, 0.5) is 10.1 Å². The molecule has 7 heteroatoms. The molecule has 0 spiro atoms. The fourth-order valence-electron chi connectivity index (χ4n) is 5.43. The van der Waals surface area contributed by atoms with Crippen molar-refractivity contribution in [3.8, 4) is 0 Å². The lowest BCUT2D eigenvalue weighted by Crippen LogP contribution is -2.39. The summed E-state index contributed by atoms with van der Waals surface area (Å²) in [4.78, 5) is 28.5. The number of carboxylic acids is 1. The highest BCUT2D eigenvalue weighted by Gasteiger charge is 2.45. The second kappa shape index (κ2) is 6.55. The molecule has 1 aromatic carbocycles. The van der Waals surface area contributed by atoms with Crippen molar-refractivity contribution in [3.63, 3.8) is 0 Å². The number of fused-ring (bicyclic) bond motifs is 3. The van der Waals surface area contributed by atoms with Crippen LogP contribution in [-0.4, -0.2) is 53.8 Å². The molecule has 1 saturated heterocycles. The van der Waals surface area contributed by atoms with E-state index in [2.05, 4.69) is 23.9 Å². The molecule has 154 valence electrons. The lowest BCUT2D eigenvalue weighted by Gasteiger charge is -2.34. The van der Waals surface area contributed by atoms with E-state index in [1.807, 2.05) is 4.57 Å². The van der Waals surface area contributed by atoms with Gasteiger partial charge in [0.25, 0.3) is 0 Å². The van der Waals surface area contributed by atoms with Crippen molar-refractivity contribution in [1.82, 2.24) is 9.47 Å². The third-order valence-electron chi connectivity index (χ3n) is 6.87. The van der Waals surface area contributed by atoms with Crippen molar-refractivity contribution < 1.29 is 14.3 Å². The average molecular weight is 399 g/mol. The number of benzene rings is 1. The van der Waals surface area contributed by atoms with Crippen LogP contribution in [0.1, 0.15) is 42.1 Å². The van der Waals surface area contributed by atoms with Crippen LogP contribution in [0.15, 0.2) is 23.1 Å². The SMILES string of the molecule is CN(C)C[C@@H]1C[C@H]2C[C@@H]1CN2c1cc2c(cc1F)c(=O)c(C(=O)O)cn2C1CC1. The maximum absolute atomic E-state index is 15.1. The van der Waals surface area contributed by atoms with Crippen LogP contribution in [0, 0.1) is 17.7 Å². The Balaban J connectivity index is 1.56. The first-order chi connectivity index (χ1) is 13.8. The molecule has 3 aliphatic rings. The number of aromatic carboxylic acids is 1. The summed E-state index contributed by atoms with van der Waals surface area (Å²) < 4.78 is 17.0. The van der Waals surface area contributed by atoms with Gasteiger partial charge in [0.15, 0.2) is 0 Å². The molecule has 6 nitrogen and oxygen atoms in total. The molecular weight excluding hydrogens is 373 g/mol. The van der Waals surface area contributed by atoms with Crippen LogP contribution < -0.4 is 10.3 Å². The summed E-state index contributed by atoms with van der Waals surface area (Å²) in [6.45, 7) is 1.90. The van der Waals surface area contributed by atoms with Gasteiger partial charge >= 0.3 is 5.97 Å². The number of hydrogen-bond acceptors (Lipinski definition) is 4. The van der Waals surface area contributed by atoms with Gasteiger partial charge in [-0.1, -0.05) is 0 Å². The summed E-state index contributed by atoms with van der Waals surface area (Å²) in [7, 11) is 4.19. The zero-order valence-electron chi connectivity index (χ0n) is 16.8. The van der Waals surface area contributed by atoms with E-state index in [1.165, 1.54) is 12.3 Å². The largest absolute Gasteiger partial charge is 0.477 e. The zero-order valence-corrected chi connectivity index (χ0v) is 16.8. The first kappa shape index (κ1) is 18.6. The number of carboxylic acid groups (broad SMARTS) is 1. The second-order valence-corrected chi connectivity index (χ2v) is 9.20. The van der Waals surface area contributed by atoms with E-state index in [-0.39, 0.29) is 17.0 Å². The van der Waals surface area contributed by atoms with Gasteiger partial charge in [-0.3, -0.25) is 4.79 Å². The van der Waals surface area contributed by atoms with E-state index in [0.29, 0.717) is 29.1 Å². The normalized spacial score (nSPS) is 26.1. The predicted molar refractivity (Wildman–Crippen MR) is 109 cm³/mol. The van der Waals surface area contributed by atoms with Crippen LogP contribution in [0.25, 0.3) is 10.9 Å². The number of rotatable bonds is 5. The number of pyridine rings is 1. The van der Waals surface area contributed by atoms with Crippen LogP contribution in [0.2, 0.25) is 0 Å². The van der Waals surface area contributed by atoms with E-state index in [4.69, 9.17) is 0 Å². The van der Waals surface area contributed by atoms with E-state index in [1.54, 1.807) is 6.07 Å². The number of carbonyl (C=O) groups is 1. The van der Waals surface area contributed by atoms with Crippen LogP contribution >= 0.6 is 0 Å². The Morgan fingerprint density at radius 1 is 1.24 bits per heavy atom. The molecule has 3 atom stereocenters. The summed E-state index contributed by atoms with van der Waals surface area (Å²) in [5, 5.41) is 9.55. The molecular formula is C22H26FN3O3. The number of nitrogens with zero attached hydrogens (tertiary/aromatic N) is 3. The highest BCUT2D eigenvalue weighted by atomic mass is 19.1. The van der Waals surface area contributed by atoms with Crippen molar-refractivity contribution in [1.29, 1.82) is 0 Å². The first-order valence-electron chi connectivity index (χ1n) is 10.4. The molecule has 0 unspecified atom stereocenters. The maximum atomic E-state index is 15.1. The van der Waals surface area contributed by atoms with Crippen molar-refractivity contribution >= 4 is 22.6 Å². The number of piperidine rings is 1. The minimum atomic E-state index is -1.26. The van der Waals surface area contributed by atoms with Gasteiger partial charge < -0.3 is 19.5 Å². The van der Waals surface area contributed by atoms with E-state index in [0.717, 1.165) is 38.8 Å². The van der Waals surface area contributed by atoms with E-state index >= 15 is 4.39 Å². The van der Waals surface area contributed by atoms with Gasteiger partial charge in [0.2, 0.25) is 5.43 Å². The zero-order chi connectivity index (χ0) is 20.4. The molecule has 29 heavy (non-hydrogen) atoms. The van der Waals surface area contributed by atoms with Gasteiger partial charge in [0.05, 0.1) is 11.2 Å². The molecule has 2 bridgehead atoms. The number of hydrogen-bond donors (Lipinski definition) is 1. The molecule has 1 N–H and O–H groups in total. The molecule has 2 aromatic rings. The average Bonchev–Trinajstić information content (AvgIpc) is 3.31. The van der Waals surface area contributed by atoms with E-state index in [9.17, 15) is 14.7 Å². The second-order valence-electron chi connectivity index (χ2n) is 9.20. The van der Waals surface area contributed by atoms with Gasteiger partial charge in [0.1, 0.15) is 11.4 Å². The molecule has 1 aliphatic heterocycles. The molecule has 2 aliphatic carbocycles. The Kier molecular flexibility index (Phi) is 4.21. The lowest BCUT2D eigenvalue weighted by molar-refractivity contribution is 0.0695. The van der Waals surface area contributed by atoms with Gasteiger partial charge in [-0.25, -0.2) is 9.18 Å². The third-order valence-corrected chi connectivity index (χ3v) is 6.87. The summed E-state index contributed by atoms with van der Waals surface area (Å²) in [5.74, 6) is -0.481. The smallest absolute Gasteiger partial charge is 0.341 e. The summed E-state index contributed by atoms with van der Waals surface area (Å²) in [5.41, 5.74) is 0.295. The summed E-state index contributed by atoms with van der Waals surface area (Å²) in [6, 6.07) is 3.55.